The van der Waals surface area contributed by atoms with Crippen LogP contribution in [0.15, 0.2) is 68.9 Å². The Morgan fingerprint density at radius 2 is 1.70 bits per heavy atom. The van der Waals surface area contributed by atoms with Crippen LogP contribution in [-0.2, 0) is 0 Å². The lowest BCUT2D eigenvalue weighted by Crippen LogP contribution is -1.91. The number of hydrogen-bond acceptors (Lipinski definition) is 2. The molecule has 20 heavy (non-hydrogen) atoms. The average Bonchev–Trinajstić information content (AvgIpc) is 2.44. The van der Waals surface area contributed by atoms with Crippen LogP contribution in [0.1, 0.15) is 0 Å². The van der Waals surface area contributed by atoms with E-state index in [0.29, 0.717) is 10.2 Å². The average molecular weight is 348 g/mol. The summed E-state index contributed by atoms with van der Waals surface area (Å²) in [6.45, 7) is 0. The number of rotatable bonds is 2. The van der Waals surface area contributed by atoms with E-state index in [0.717, 1.165) is 9.79 Å². The van der Waals surface area contributed by atoms with Crippen molar-refractivity contribution >= 4 is 44.2 Å². The number of halogens is 2. The molecule has 0 aliphatic rings. The van der Waals surface area contributed by atoms with Crippen molar-refractivity contribution in [2.24, 2.45) is 0 Å². The molecule has 0 bridgehead atoms. The Labute approximate surface area is 129 Å². The van der Waals surface area contributed by atoms with Gasteiger partial charge in [-0.3, -0.25) is 0 Å². The van der Waals surface area contributed by atoms with Gasteiger partial charge in [-0.2, -0.15) is 0 Å². The van der Waals surface area contributed by atoms with Crippen molar-refractivity contribution in [1.82, 2.24) is 0 Å². The lowest BCUT2D eigenvalue weighted by molar-refractivity contribution is 0.620. The maximum absolute atomic E-state index is 13.4. The zero-order valence-corrected chi connectivity index (χ0v) is 12.8. The van der Waals surface area contributed by atoms with Crippen LogP contribution in [0.2, 0.25) is 0 Å². The van der Waals surface area contributed by atoms with Crippen LogP contribution in [0.25, 0.3) is 10.8 Å². The first-order chi connectivity index (χ1) is 9.63. The fourth-order valence-corrected chi connectivity index (χ4v) is 3.41. The first-order valence-corrected chi connectivity index (χ1v) is 7.65. The molecule has 0 saturated carbocycles. The maximum atomic E-state index is 13.4. The van der Waals surface area contributed by atoms with E-state index in [-0.39, 0.29) is 5.82 Å². The van der Waals surface area contributed by atoms with Crippen LogP contribution >= 0.6 is 27.7 Å². The summed E-state index contributed by atoms with van der Waals surface area (Å²) in [5.41, 5.74) is 6.32. The van der Waals surface area contributed by atoms with Crippen molar-refractivity contribution in [3.8, 4) is 0 Å². The molecule has 0 unspecified atom stereocenters. The first-order valence-electron chi connectivity index (χ1n) is 6.04. The summed E-state index contributed by atoms with van der Waals surface area (Å²) in [4.78, 5) is 1.92. The quantitative estimate of drug-likeness (QED) is 0.621. The molecule has 0 spiro atoms. The Bertz CT molecular complexity index is 789. The standard InChI is InChI=1S/C16H11BrFNS/c17-13-8-16(15(19)9-14(13)18)20-12-6-5-10-3-1-2-4-11(10)7-12/h1-9H,19H2. The molecule has 2 N–H and O–H groups in total. The number of benzene rings is 3. The van der Waals surface area contributed by atoms with Crippen LogP contribution < -0.4 is 5.73 Å². The van der Waals surface area contributed by atoms with Crippen molar-refractivity contribution < 1.29 is 4.39 Å². The van der Waals surface area contributed by atoms with Gasteiger partial charge < -0.3 is 5.73 Å². The summed E-state index contributed by atoms with van der Waals surface area (Å²) >= 11 is 4.72. The van der Waals surface area contributed by atoms with Gasteiger partial charge in [-0.05, 0) is 51.0 Å². The van der Waals surface area contributed by atoms with E-state index in [2.05, 4.69) is 40.2 Å². The van der Waals surface area contributed by atoms with Gasteiger partial charge in [0.1, 0.15) is 5.82 Å². The van der Waals surface area contributed by atoms with E-state index >= 15 is 0 Å². The normalized spacial score (nSPS) is 10.9. The van der Waals surface area contributed by atoms with Crippen LogP contribution in [0.3, 0.4) is 0 Å². The Morgan fingerprint density at radius 1 is 0.950 bits per heavy atom. The Morgan fingerprint density at radius 3 is 2.50 bits per heavy atom. The summed E-state index contributed by atoms with van der Waals surface area (Å²) in [5.74, 6) is -0.342. The summed E-state index contributed by atoms with van der Waals surface area (Å²) in [6, 6.07) is 17.5. The summed E-state index contributed by atoms with van der Waals surface area (Å²) in [6.07, 6.45) is 0. The lowest BCUT2D eigenvalue weighted by atomic mass is 10.1. The second-order valence-electron chi connectivity index (χ2n) is 4.42. The molecule has 0 aliphatic carbocycles. The van der Waals surface area contributed by atoms with Gasteiger partial charge >= 0.3 is 0 Å². The van der Waals surface area contributed by atoms with Crippen molar-refractivity contribution in [2.75, 3.05) is 5.73 Å². The molecule has 3 rings (SSSR count). The minimum absolute atomic E-state index is 0.342. The van der Waals surface area contributed by atoms with Gasteiger partial charge in [0.2, 0.25) is 0 Å². The number of anilines is 1. The topological polar surface area (TPSA) is 26.0 Å². The fourth-order valence-electron chi connectivity index (χ4n) is 1.99. The lowest BCUT2D eigenvalue weighted by Gasteiger charge is -2.08. The Balaban J connectivity index is 1.99. The maximum Gasteiger partial charge on any atom is 0.139 e. The van der Waals surface area contributed by atoms with Gasteiger partial charge in [-0.15, -0.1) is 0 Å². The van der Waals surface area contributed by atoms with Gasteiger partial charge in [0.15, 0.2) is 0 Å². The summed E-state index contributed by atoms with van der Waals surface area (Å²) in [5, 5.41) is 2.38. The van der Waals surface area contributed by atoms with E-state index in [9.17, 15) is 4.39 Å². The summed E-state index contributed by atoms with van der Waals surface area (Å²) in [7, 11) is 0. The molecule has 0 aliphatic heterocycles. The molecule has 1 nitrogen and oxygen atoms in total. The second kappa shape index (κ2) is 5.46. The minimum Gasteiger partial charge on any atom is -0.398 e. The van der Waals surface area contributed by atoms with Gasteiger partial charge in [0.05, 0.1) is 4.47 Å². The zero-order chi connectivity index (χ0) is 14.1. The first kappa shape index (κ1) is 13.5. The third-order valence-corrected chi connectivity index (χ3v) is 4.67. The molecular weight excluding hydrogens is 337 g/mol. The van der Waals surface area contributed by atoms with Crippen LogP contribution in [0.4, 0.5) is 10.1 Å². The van der Waals surface area contributed by atoms with E-state index in [1.165, 1.54) is 28.6 Å². The second-order valence-corrected chi connectivity index (χ2v) is 6.38. The zero-order valence-electron chi connectivity index (χ0n) is 10.4. The number of fused-ring (bicyclic) bond motifs is 1. The molecule has 3 aromatic rings. The third-order valence-electron chi connectivity index (χ3n) is 3.00. The van der Waals surface area contributed by atoms with Gasteiger partial charge in [0.25, 0.3) is 0 Å². The molecule has 0 atom stereocenters. The van der Waals surface area contributed by atoms with Gasteiger partial charge in [-0.1, -0.05) is 42.1 Å². The molecule has 0 aromatic heterocycles. The highest BCUT2D eigenvalue weighted by molar-refractivity contribution is 9.10. The van der Waals surface area contributed by atoms with Gasteiger partial charge in [0, 0.05) is 15.5 Å². The van der Waals surface area contributed by atoms with E-state index in [4.69, 9.17) is 5.73 Å². The van der Waals surface area contributed by atoms with E-state index in [1.54, 1.807) is 6.07 Å². The van der Waals surface area contributed by atoms with E-state index < -0.39 is 0 Å². The Hall–Kier alpha value is -1.52. The molecule has 100 valence electrons. The number of nitrogen functional groups attached to an aromatic ring is 1. The van der Waals surface area contributed by atoms with Crippen LogP contribution in [0, 0.1) is 5.82 Å². The minimum atomic E-state index is -0.342. The largest absolute Gasteiger partial charge is 0.398 e. The summed E-state index contributed by atoms with van der Waals surface area (Å²) < 4.78 is 13.8. The molecule has 0 fully saturated rings. The number of hydrogen-bond donors (Lipinski definition) is 1. The Kier molecular flexibility index (Phi) is 3.68. The smallest absolute Gasteiger partial charge is 0.139 e. The van der Waals surface area contributed by atoms with Gasteiger partial charge in [-0.25, -0.2) is 4.39 Å². The third kappa shape index (κ3) is 2.67. The van der Waals surface area contributed by atoms with Crippen molar-refractivity contribution in [3.63, 3.8) is 0 Å². The predicted octanol–water partition coefficient (Wildman–Crippen LogP) is 5.47. The highest BCUT2D eigenvalue weighted by Crippen LogP contribution is 2.36. The molecule has 0 saturated heterocycles. The fraction of sp³-hybridized carbons (Fsp3) is 0. The molecule has 4 heteroatoms. The molecule has 3 aromatic carbocycles. The molecule has 0 amide bonds. The number of nitrogens with two attached hydrogens (primary N) is 1. The van der Waals surface area contributed by atoms with E-state index in [1.807, 2.05) is 18.2 Å². The highest BCUT2D eigenvalue weighted by atomic mass is 79.9. The SMILES string of the molecule is Nc1cc(F)c(Br)cc1Sc1ccc2ccccc2c1. The van der Waals surface area contributed by atoms with Crippen molar-refractivity contribution in [1.29, 1.82) is 0 Å². The molecule has 0 heterocycles. The molecular formula is C16H11BrFNS. The highest BCUT2D eigenvalue weighted by Gasteiger charge is 2.08. The predicted molar refractivity (Wildman–Crippen MR) is 86.6 cm³/mol. The van der Waals surface area contributed by atoms with Crippen LogP contribution in [-0.4, -0.2) is 0 Å². The van der Waals surface area contributed by atoms with Crippen LogP contribution in [0.5, 0.6) is 0 Å². The van der Waals surface area contributed by atoms with Crippen molar-refractivity contribution in [3.05, 3.63) is 64.9 Å². The monoisotopic (exact) mass is 347 g/mol. The van der Waals surface area contributed by atoms with Crippen molar-refractivity contribution in [2.45, 2.75) is 9.79 Å². The molecule has 0 radical (unpaired) electrons.